The molecule has 0 saturated carbocycles. The highest BCUT2D eigenvalue weighted by molar-refractivity contribution is 5.96. The zero-order chi connectivity index (χ0) is 14.6. The predicted molar refractivity (Wildman–Crippen MR) is 75.2 cm³/mol. The summed E-state index contributed by atoms with van der Waals surface area (Å²) in [7, 11) is 1.67. The molecular formula is C15H21NO3. The predicted octanol–water partition coefficient (Wildman–Crippen LogP) is 2.57. The lowest BCUT2D eigenvalue weighted by Crippen LogP contribution is -2.36. The van der Waals surface area contributed by atoms with Gasteiger partial charge in [-0.15, -0.1) is 0 Å². The zero-order valence-corrected chi connectivity index (χ0v) is 11.9. The number of hydrogen-bond donors (Lipinski definition) is 1. The number of carbonyl (C=O) groups excluding carboxylic acids is 1. The number of amides is 1. The summed E-state index contributed by atoms with van der Waals surface area (Å²) in [6, 6.07) is 7.72. The number of aryl methyl sites for hydroxylation is 1. The van der Waals surface area contributed by atoms with Crippen molar-refractivity contribution in [1.29, 1.82) is 0 Å². The lowest BCUT2D eigenvalue weighted by atomic mass is 9.94. The van der Waals surface area contributed by atoms with Gasteiger partial charge in [-0.3, -0.25) is 9.59 Å². The Labute approximate surface area is 114 Å². The van der Waals surface area contributed by atoms with Gasteiger partial charge < -0.3 is 10.0 Å². The highest BCUT2D eigenvalue weighted by atomic mass is 16.4. The first-order valence-electron chi connectivity index (χ1n) is 6.47. The summed E-state index contributed by atoms with van der Waals surface area (Å²) in [4.78, 5) is 24.6. The topological polar surface area (TPSA) is 57.6 Å². The number of carbonyl (C=O) groups is 2. The van der Waals surface area contributed by atoms with Crippen molar-refractivity contribution < 1.29 is 14.7 Å². The number of carboxylic acids is 1. The second kappa shape index (κ2) is 6.36. The minimum absolute atomic E-state index is 0.181. The molecule has 0 aliphatic rings. The summed E-state index contributed by atoms with van der Waals surface area (Å²) in [5.74, 6) is -2.37. The molecule has 104 valence electrons. The molecule has 0 fully saturated rings. The van der Waals surface area contributed by atoms with Gasteiger partial charge in [-0.2, -0.15) is 0 Å². The molecule has 0 saturated heterocycles. The van der Waals surface area contributed by atoms with Crippen molar-refractivity contribution in [2.45, 2.75) is 27.2 Å². The third kappa shape index (κ3) is 3.56. The summed E-state index contributed by atoms with van der Waals surface area (Å²) >= 11 is 0. The SMILES string of the molecule is CCc1ccc(N(C)C(=O)C(C)C(C)C(=O)O)cc1. The Hall–Kier alpha value is -1.84. The first-order chi connectivity index (χ1) is 8.88. The van der Waals surface area contributed by atoms with E-state index in [0.29, 0.717) is 0 Å². The highest BCUT2D eigenvalue weighted by Crippen LogP contribution is 2.20. The molecule has 0 aliphatic carbocycles. The van der Waals surface area contributed by atoms with E-state index in [1.807, 2.05) is 24.3 Å². The van der Waals surface area contributed by atoms with Crippen LogP contribution in [0.4, 0.5) is 5.69 Å². The maximum absolute atomic E-state index is 12.2. The Balaban J connectivity index is 2.83. The standard InChI is InChI=1S/C15H21NO3/c1-5-12-6-8-13(9-7-12)16(4)14(17)10(2)11(3)15(18)19/h6-11H,5H2,1-4H3,(H,18,19). The zero-order valence-electron chi connectivity index (χ0n) is 11.9. The third-order valence-electron chi connectivity index (χ3n) is 3.59. The molecule has 2 unspecified atom stereocenters. The van der Waals surface area contributed by atoms with Crippen LogP contribution in [0.2, 0.25) is 0 Å². The summed E-state index contributed by atoms with van der Waals surface area (Å²) in [5.41, 5.74) is 1.99. The lowest BCUT2D eigenvalue weighted by molar-refractivity contribution is -0.145. The fourth-order valence-corrected chi connectivity index (χ4v) is 1.82. The Kier molecular flexibility index (Phi) is 5.10. The largest absolute Gasteiger partial charge is 0.481 e. The van der Waals surface area contributed by atoms with Crippen LogP contribution in [0.25, 0.3) is 0 Å². The molecule has 4 nitrogen and oxygen atoms in total. The minimum atomic E-state index is -0.949. The van der Waals surface area contributed by atoms with Crippen LogP contribution in [-0.2, 0) is 16.0 Å². The molecule has 1 aromatic rings. The Morgan fingerprint density at radius 2 is 1.68 bits per heavy atom. The summed E-state index contributed by atoms with van der Waals surface area (Å²) in [6.07, 6.45) is 0.949. The number of nitrogens with zero attached hydrogens (tertiary/aromatic N) is 1. The van der Waals surface area contributed by atoms with E-state index in [1.165, 1.54) is 10.5 Å². The maximum Gasteiger partial charge on any atom is 0.307 e. The molecule has 0 aliphatic heterocycles. The van der Waals surface area contributed by atoms with E-state index in [1.54, 1.807) is 20.9 Å². The van der Waals surface area contributed by atoms with Crippen molar-refractivity contribution in [2.75, 3.05) is 11.9 Å². The normalized spacial score (nSPS) is 13.7. The fraction of sp³-hybridized carbons (Fsp3) is 0.467. The van der Waals surface area contributed by atoms with Gasteiger partial charge in [0.25, 0.3) is 0 Å². The molecule has 1 N–H and O–H groups in total. The van der Waals surface area contributed by atoms with Gasteiger partial charge in [-0.25, -0.2) is 0 Å². The maximum atomic E-state index is 12.2. The van der Waals surface area contributed by atoms with Crippen LogP contribution in [-0.4, -0.2) is 24.0 Å². The second-order valence-electron chi connectivity index (χ2n) is 4.83. The van der Waals surface area contributed by atoms with Gasteiger partial charge in [-0.05, 0) is 24.1 Å². The molecule has 0 bridgehead atoms. The number of rotatable bonds is 5. The molecule has 19 heavy (non-hydrogen) atoms. The van der Waals surface area contributed by atoms with Gasteiger partial charge in [0.2, 0.25) is 5.91 Å². The van der Waals surface area contributed by atoms with E-state index in [2.05, 4.69) is 6.92 Å². The van der Waals surface area contributed by atoms with Crippen LogP contribution in [0.5, 0.6) is 0 Å². The molecule has 0 radical (unpaired) electrons. The molecule has 1 rings (SSSR count). The van der Waals surface area contributed by atoms with Crippen LogP contribution >= 0.6 is 0 Å². The average Bonchev–Trinajstić information content (AvgIpc) is 2.44. The van der Waals surface area contributed by atoms with Crippen LogP contribution < -0.4 is 4.90 Å². The van der Waals surface area contributed by atoms with E-state index in [0.717, 1.165) is 12.1 Å². The van der Waals surface area contributed by atoms with Gasteiger partial charge in [0.1, 0.15) is 0 Å². The quantitative estimate of drug-likeness (QED) is 0.888. The number of carboxylic acid groups (broad SMARTS) is 1. The van der Waals surface area contributed by atoms with Crippen LogP contribution in [0.3, 0.4) is 0 Å². The van der Waals surface area contributed by atoms with E-state index in [9.17, 15) is 9.59 Å². The monoisotopic (exact) mass is 263 g/mol. The lowest BCUT2D eigenvalue weighted by Gasteiger charge is -2.23. The first-order valence-corrected chi connectivity index (χ1v) is 6.47. The number of benzene rings is 1. The van der Waals surface area contributed by atoms with Crippen LogP contribution in [0, 0.1) is 11.8 Å². The van der Waals surface area contributed by atoms with E-state index in [4.69, 9.17) is 5.11 Å². The van der Waals surface area contributed by atoms with Crippen molar-refractivity contribution in [2.24, 2.45) is 11.8 Å². The van der Waals surface area contributed by atoms with Crippen molar-refractivity contribution in [3.63, 3.8) is 0 Å². The summed E-state index contributed by atoms with van der Waals surface area (Å²) in [6.45, 7) is 5.28. The third-order valence-corrected chi connectivity index (χ3v) is 3.59. The van der Waals surface area contributed by atoms with Crippen molar-refractivity contribution in [3.8, 4) is 0 Å². The van der Waals surface area contributed by atoms with Crippen molar-refractivity contribution in [1.82, 2.24) is 0 Å². The molecule has 4 heteroatoms. The van der Waals surface area contributed by atoms with Gasteiger partial charge in [0.15, 0.2) is 0 Å². The number of hydrogen-bond acceptors (Lipinski definition) is 2. The molecule has 2 atom stereocenters. The fourth-order valence-electron chi connectivity index (χ4n) is 1.82. The first kappa shape index (κ1) is 15.2. The van der Waals surface area contributed by atoms with Crippen LogP contribution in [0.15, 0.2) is 24.3 Å². The van der Waals surface area contributed by atoms with E-state index >= 15 is 0 Å². The highest BCUT2D eigenvalue weighted by Gasteiger charge is 2.28. The van der Waals surface area contributed by atoms with Gasteiger partial charge >= 0.3 is 5.97 Å². The molecule has 0 aromatic heterocycles. The summed E-state index contributed by atoms with van der Waals surface area (Å²) in [5, 5.41) is 8.95. The van der Waals surface area contributed by atoms with Gasteiger partial charge in [0, 0.05) is 18.7 Å². The molecule has 0 heterocycles. The molecule has 0 spiro atoms. The Morgan fingerprint density at radius 3 is 2.11 bits per heavy atom. The van der Waals surface area contributed by atoms with E-state index in [-0.39, 0.29) is 5.91 Å². The average molecular weight is 263 g/mol. The van der Waals surface area contributed by atoms with Crippen LogP contribution in [0.1, 0.15) is 26.3 Å². The van der Waals surface area contributed by atoms with Crippen molar-refractivity contribution >= 4 is 17.6 Å². The molecule has 1 amide bonds. The minimum Gasteiger partial charge on any atom is -0.481 e. The Bertz CT molecular complexity index is 453. The molecule has 1 aromatic carbocycles. The van der Waals surface area contributed by atoms with Gasteiger partial charge in [0.05, 0.1) is 5.92 Å². The smallest absolute Gasteiger partial charge is 0.307 e. The second-order valence-corrected chi connectivity index (χ2v) is 4.83. The number of anilines is 1. The van der Waals surface area contributed by atoms with E-state index < -0.39 is 17.8 Å². The molecular weight excluding hydrogens is 242 g/mol. The van der Waals surface area contributed by atoms with Gasteiger partial charge in [-0.1, -0.05) is 32.9 Å². The number of aliphatic carboxylic acids is 1. The Morgan fingerprint density at radius 1 is 1.16 bits per heavy atom. The summed E-state index contributed by atoms with van der Waals surface area (Å²) < 4.78 is 0. The van der Waals surface area contributed by atoms with Crippen molar-refractivity contribution in [3.05, 3.63) is 29.8 Å².